The Kier molecular flexibility index (Phi) is 17.4. The molecular weight excluding hydrogens is 404 g/mol. The highest BCUT2D eigenvalue weighted by molar-refractivity contribution is 5.69. The lowest BCUT2D eigenvalue weighted by Gasteiger charge is -2.07. The maximum atomic E-state index is 11.7. The highest BCUT2D eigenvalue weighted by atomic mass is 16.6. The average molecular weight is 443 g/mol. The van der Waals surface area contributed by atoms with Gasteiger partial charge in [-0.05, 0) is 44.7 Å². The summed E-state index contributed by atoms with van der Waals surface area (Å²) in [6.07, 6.45) is 12.1. The monoisotopic (exact) mass is 442 g/mol. The van der Waals surface area contributed by atoms with Gasteiger partial charge in [-0.25, -0.2) is 0 Å². The number of unbranched alkanes of at least 4 members (excludes halogenated alkanes) is 7. The van der Waals surface area contributed by atoms with Crippen molar-refractivity contribution in [3.63, 3.8) is 0 Å². The van der Waals surface area contributed by atoms with Crippen LogP contribution in [0, 0.1) is 30.8 Å². The zero-order valence-electron chi connectivity index (χ0n) is 19.8. The van der Waals surface area contributed by atoms with E-state index < -0.39 is 0 Å². The number of benzene rings is 1. The lowest BCUT2D eigenvalue weighted by Crippen LogP contribution is -2.12. The lowest BCUT2D eigenvalue weighted by molar-refractivity contribution is -0.145. The summed E-state index contributed by atoms with van der Waals surface area (Å²) < 4.78 is 21.2. The van der Waals surface area contributed by atoms with E-state index in [1.54, 1.807) is 6.92 Å². The average Bonchev–Trinajstić information content (AvgIpc) is 2.80. The Hall–Kier alpha value is -2.63. The molecule has 1 rings (SSSR count). The molecular formula is C27H38O5. The minimum Gasteiger partial charge on any atom is -0.494 e. The number of carbonyl (C=O) groups excluding carboxylic acids is 1. The molecule has 0 radical (unpaired) electrons. The summed E-state index contributed by atoms with van der Waals surface area (Å²) >= 11 is 0. The summed E-state index contributed by atoms with van der Waals surface area (Å²) in [6, 6.07) is 8.20. The number of hydrogen-bond acceptors (Lipinski definition) is 5. The fourth-order valence-electron chi connectivity index (χ4n) is 2.92. The maximum Gasteiger partial charge on any atom is 0.305 e. The molecule has 0 N–H and O–H groups in total. The van der Waals surface area contributed by atoms with Crippen molar-refractivity contribution < 1.29 is 23.7 Å². The van der Waals surface area contributed by atoms with Gasteiger partial charge in [-0.15, -0.1) is 0 Å². The first-order chi connectivity index (χ1) is 15.7. The Morgan fingerprint density at radius 3 is 2.16 bits per heavy atom. The standard InChI is InChI=1S/C27H38O5/c1-3-4-12-19-29-21-22-30-23-24-32-27(28)14-11-9-7-5-6-8-10-13-20-31-26-17-15-25(2)16-18-26/h15-18H,5-11,13-14,20-24H2,1-2H3. The first kappa shape index (κ1) is 27.4. The predicted octanol–water partition coefficient (Wildman–Crippen LogP) is 5.45. The van der Waals surface area contributed by atoms with Gasteiger partial charge < -0.3 is 18.9 Å². The molecule has 176 valence electrons. The number of carbonyl (C=O) groups is 1. The third-order valence-electron chi connectivity index (χ3n) is 4.70. The molecule has 0 bridgehead atoms. The highest BCUT2D eigenvalue weighted by Crippen LogP contribution is 2.13. The van der Waals surface area contributed by atoms with Gasteiger partial charge in [0.05, 0.1) is 19.8 Å². The Bertz CT molecular complexity index is 718. The van der Waals surface area contributed by atoms with Crippen molar-refractivity contribution in [2.45, 2.75) is 71.6 Å². The zero-order valence-corrected chi connectivity index (χ0v) is 19.8. The van der Waals surface area contributed by atoms with Gasteiger partial charge in [0.25, 0.3) is 0 Å². The molecule has 0 saturated carbocycles. The molecule has 0 heterocycles. The maximum absolute atomic E-state index is 11.7. The van der Waals surface area contributed by atoms with Crippen molar-refractivity contribution in [1.29, 1.82) is 0 Å². The Morgan fingerprint density at radius 2 is 1.44 bits per heavy atom. The van der Waals surface area contributed by atoms with Crippen LogP contribution in [-0.2, 0) is 19.0 Å². The number of aryl methyl sites for hydroxylation is 1. The van der Waals surface area contributed by atoms with Crippen molar-refractivity contribution in [3.05, 3.63) is 29.8 Å². The van der Waals surface area contributed by atoms with Gasteiger partial charge in [-0.1, -0.05) is 62.1 Å². The zero-order chi connectivity index (χ0) is 23.1. The predicted molar refractivity (Wildman–Crippen MR) is 127 cm³/mol. The third kappa shape index (κ3) is 17.1. The molecule has 0 spiro atoms. The third-order valence-corrected chi connectivity index (χ3v) is 4.70. The lowest BCUT2D eigenvalue weighted by atomic mass is 10.1. The molecule has 0 amide bonds. The van der Waals surface area contributed by atoms with E-state index in [0.29, 0.717) is 26.2 Å². The van der Waals surface area contributed by atoms with E-state index in [9.17, 15) is 4.79 Å². The van der Waals surface area contributed by atoms with Gasteiger partial charge in [-0.2, -0.15) is 0 Å². The van der Waals surface area contributed by atoms with Gasteiger partial charge >= 0.3 is 5.97 Å². The van der Waals surface area contributed by atoms with E-state index in [1.165, 1.54) is 37.7 Å². The van der Waals surface area contributed by atoms with Crippen molar-refractivity contribution >= 4 is 5.97 Å². The van der Waals surface area contributed by atoms with E-state index in [2.05, 4.69) is 42.9 Å². The van der Waals surface area contributed by atoms with Crippen LogP contribution >= 0.6 is 0 Å². The molecule has 0 fully saturated rings. The van der Waals surface area contributed by atoms with Crippen molar-refractivity contribution in [3.8, 4) is 29.6 Å². The number of hydrogen-bond donors (Lipinski definition) is 0. The van der Waals surface area contributed by atoms with Gasteiger partial charge in [0.1, 0.15) is 25.1 Å². The fourth-order valence-corrected chi connectivity index (χ4v) is 2.92. The summed E-state index contributed by atoms with van der Waals surface area (Å²) in [5.74, 6) is 8.58. The number of rotatable bonds is 18. The molecule has 0 saturated heterocycles. The van der Waals surface area contributed by atoms with Gasteiger partial charge in [0.2, 0.25) is 0 Å². The molecule has 32 heavy (non-hydrogen) atoms. The van der Waals surface area contributed by atoms with Crippen LogP contribution in [0.3, 0.4) is 0 Å². The van der Waals surface area contributed by atoms with Crippen LogP contribution in [-0.4, -0.2) is 39.0 Å². The summed E-state index contributed by atoms with van der Waals surface area (Å²) in [5, 5.41) is 0. The van der Waals surface area contributed by atoms with E-state index in [0.717, 1.165) is 31.6 Å². The first-order valence-corrected chi connectivity index (χ1v) is 11.7. The summed E-state index contributed by atoms with van der Waals surface area (Å²) in [5.41, 5.74) is 1.25. The molecule has 0 aromatic heterocycles. The topological polar surface area (TPSA) is 54.0 Å². The quantitative estimate of drug-likeness (QED) is 0.172. The second kappa shape index (κ2) is 20.3. The second-order valence-corrected chi connectivity index (χ2v) is 7.52. The fraction of sp³-hybridized carbons (Fsp3) is 0.593. The van der Waals surface area contributed by atoms with Crippen molar-refractivity contribution in [2.24, 2.45) is 0 Å². The SMILES string of the molecule is CC#CC#COCCOCCOC(=O)CCCCCCCCCCOc1ccc(C)cc1. The van der Waals surface area contributed by atoms with Crippen LogP contribution in [0.15, 0.2) is 24.3 Å². The molecule has 0 aliphatic rings. The Morgan fingerprint density at radius 1 is 0.781 bits per heavy atom. The molecule has 0 unspecified atom stereocenters. The molecule has 1 aromatic carbocycles. The molecule has 0 atom stereocenters. The van der Waals surface area contributed by atoms with Crippen molar-refractivity contribution in [1.82, 2.24) is 0 Å². The Labute approximate surface area is 194 Å². The second-order valence-electron chi connectivity index (χ2n) is 7.52. The highest BCUT2D eigenvalue weighted by Gasteiger charge is 2.02. The van der Waals surface area contributed by atoms with E-state index >= 15 is 0 Å². The van der Waals surface area contributed by atoms with E-state index in [4.69, 9.17) is 18.9 Å². The van der Waals surface area contributed by atoms with E-state index in [1.807, 2.05) is 12.1 Å². The van der Waals surface area contributed by atoms with Gasteiger partial charge in [0.15, 0.2) is 0 Å². The van der Waals surface area contributed by atoms with Gasteiger partial charge in [0, 0.05) is 12.3 Å². The number of ether oxygens (including phenoxy) is 4. The molecule has 0 aliphatic carbocycles. The molecule has 0 aliphatic heterocycles. The summed E-state index contributed by atoms with van der Waals surface area (Å²) in [6.45, 7) is 6.00. The van der Waals surface area contributed by atoms with Crippen LogP contribution in [0.25, 0.3) is 0 Å². The Balaban J connectivity index is 1.79. The molecule has 5 nitrogen and oxygen atoms in total. The van der Waals surface area contributed by atoms with Crippen LogP contribution in [0.4, 0.5) is 0 Å². The minimum absolute atomic E-state index is 0.151. The smallest absolute Gasteiger partial charge is 0.305 e. The van der Waals surface area contributed by atoms with Gasteiger partial charge in [-0.3, -0.25) is 4.79 Å². The summed E-state index contributed by atoms with van der Waals surface area (Å²) in [7, 11) is 0. The summed E-state index contributed by atoms with van der Waals surface area (Å²) in [4.78, 5) is 11.7. The van der Waals surface area contributed by atoms with E-state index in [-0.39, 0.29) is 12.6 Å². The number of esters is 1. The molecule has 1 aromatic rings. The van der Waals surface area contributed by atoms with Crippen molar-refractivity contribution in [2.75, 3.05) is 33.0 Å². The normalized spacial score (nSPS) is 9.81. The van der Waals surface area contributed by atoms with Crippen LogP contribution in [0.5, 0.6) is 5.75 Å². The molecule has 5 heteroatoms. The largest absolute Gasteiger partial charge is 0.494 e. The van der Waals surface area contributed by atoms with Crippen LogP contribution in [0.2, 0.25) is 0 Å². The minimum atomic E-state index is -0.151. The first-order valence-electron chi connectivity index (χ1n) is 11.7. The van der Waals surface area contributed by atoms with Crippen LogP contribution < -0.4 is 4.74 Å². The van der Waals surface area contributed by atoms with Crippen LogP contribution in [0.1, 0.15) is 70.3 Å².